The third kappa shape index (κ3) is 2.43. The largest absolute Gasteiger partial charge is 0.482 e. The van der Waals surface area contributed by atoms with E-state index in [4.69, 9.17) is 4.74 Å². The third-order valence-electron chi connectivity index (χ3n) is 3.09. The Hall–Kier alpha value is -1.29. The highest BCUT2D eigenvalue weighted by Gasteiger charge is 2.19. The van der Waals surface area contributed by atoms with Gasteiger partial charge in [-0.15, -0.1) is 0 Å². The van der Waals surface area contributed by atoms with Crippen molar-refractivity contribution in [3.63, 3.8) is 0 Å². The first-order valence-electron chi connectivity index (χ1n) is 5.99. The molecule has 0 aliphatic heterocycles. The van der Waals surface area contributed by atoms with Crippen LogP contribution < -0.4 is 4.74 Å². The van der Waals surface area contributed by atoms with Gasteiger partial charge in [0.15, 0.2) is 0 Å². The summed E-state index contributed by atoms with van der Waals surface area (Å²) in [6, 6.07) is 8.17. The molecule has 1 nitrogen and oxygen atoms in total. The molecular weight excluding hydrogens is 335 g/mol. The number of hydrogen-bond acceptors (Lipinski definition) is 1. The number of rotatable bonds is 2. The molecule has 0 fully saturated rings. The molecular formula is C16H13IO. The van der Waals surface area contributed by atoms with E-state index >= 15 is 0 Å². The number of ether oxygens (including phenoxy) is 1. The van der Waals surface area contributed by atoms with Gasteiger partial charge in [-0.1, -0.05) is 30.4 Å². The Bertz CT molecular complexity index is 561. The van der Waals surface area contributed by atoms with E-state index in [-0.39, 0.29) is 6.10 Å². The summed E-state index contributed by atoms with van der Waals surface area (Å²) in [6.45, 7) is 0. The molecule has 0 saturated heterocycles. The average Bonchev–Trinajstić information content (AvgIpc) is 2.42. The van der Waals surface area contributed by atoms with Gasteiger partial charge in [-0.2, -0.15) is 0 Å². The zero-order valence-corrected chi connectivity index (χ0v) is 12.0. The van der Waals surface area contributed by atoms with Crippen LogP contribution in [0.4, 0.5) is 0 Å². The van der Waals surface area contributed by atoms with Gasteiger partial charge in [-0.3, -0.25) is 0 Å². The SMILES string of the molecule is Ic1ccc(OC2C=CC=C3CC=CC=C32)cc1. The minimum atomic E-state index is 0.0370. The van der Waals surface area contributed by atoms with E-state index < -0.39 is 0 Å². The van der Waals surface area contributed by atoms with Crippen molar-refractivity contribution in [2.45, 2.75) is 12.5 Å². The predicted octanol–water partition coefficient (Wildman–Crippen LogP) is 4.42. The van der Waals surface area contributed by atoms with Crippen molar-refractivity contribution in [1.82, 2.24) is 0 Å². The standard InChI is InChI=1S/C16H13IO/c17-13-8-10-14(11-9-13)18-16-7-3-5-12-4-1-2-6-15(12)16/h1-3,5-11,16H,4H2. The maximum atomic E-state index is 6.05. The monoisotopic (exact) mass is 348 g/mol. The van der Waals surface area contributed by atoms with Gasteiger partial charge in [0.05, 0.1) is 0 Å². The molecule has 0 bridgehead atoms. The fourth-order valence-electron chi connectivity index (χ4n) is 2.17. The van der Waals surface area contributed by atoms with Gasteiger partial charge in [0, 0.05) is 3.57 Å². The lowest BCUT2D eigenvalue weighted by atomic mass is 9.90. The van der Waals surface area contributed by atoms with E-state index in [1.807, 2.05) is 12.1 Å². The van der Waals surface area contributed by atoms with E-state index in [2.05, 4.69) is 71.2 Å². The van der Waals surface area contributed by atoms with Gasteiger partial charge in [-0.25, -0.2) is 0 Å². The van der Waals surface area contributed by atoms with E-state index in [1.165, 1.54) is 14.7 Å². The number of halogens is 1. The highest BCUT2D eigenvalue weighted by molar-refractivity contribution is 14.1. The van der Waals surface area contributed by atoms with Crippen molar-refractivity contribution in [3.05, 3.63) is 75.4 Å². The van der Waals surface area contributed by atoms with Crippen molar-refractivity contribution in [3.8, 4) is 5.75 Å². The summed E-state index contributed by atoms with van der Waals surface area (Å²) in [5.74, 6) is 0.918. The molecule has 2 heteroatoms. The van der Waals surface area contributed by atoms with Crippen molar-refractivity contribution >= 4 is 22.6 Å². The summed E-state index contributed by atoms with van der Waals surface area (Å²) in [5.41, 5.74) is 2.63. The van der Waals surface area contributed by atoms with Crippen molar-refractivity contribution < 1.29 is 4.74 Å². The molecule has 3 rings (SSSR count). The minimum Gasteiger partial charge on any atom is -0.482 e. The minimum absolute atomic E-state index is 0.0370. The van der Waals surface area contributed by atoms with Crippen LogP contribution in [0.3, 0.4) is 0 Å². The Balaban J connectivity index is 1.82. The number of hydrogen-bond donors (Lipinski definition) is 0. The van der Waals surface area contributed by atoms with E-state index in [0.717, 1.165) is 12.2 Å². The Kier molecular flexibility index (Phi) is 3.37. The van der Waals surface area contributed by atoms with E-state index in [0.29, 0.717) is 0 Å². The maximum Gasteiger partial charge on any atom is 0.143 e. The average molecular weight is 348 g/mol. The summed E-state index contributed by atoms with van der Waals surface area (Å²) < 4.78 is 7.27. The molecule has 0 radical (unpaired) electrons. The Morgan fingerprint density at radius 3 is 2.72 bits per heavy atom. The Labute approximate surface area is 121 Å². The van der Waals surface area contributed by atoms with E-state index in [1.54, 1.807) is 0 Å². The molecule has 2 aliphatic rings. The Morgan fingerprint density at radius 1 is 1.06 bits per heavy atom. The van der Waals surface area contributed by atoms with Crippen LogP contribution in [-0.4, -0.2) is 6.10 Å². The van der Waals surface area contributed by atoms with Gasteiger partial charge >= 0.3 is 0 Å². The first-order valence-corrected chi connectivity index (χ1v) is 7.07. The van der Waals surface area contributed by atoms with Crippen LogP contribution in [0.2, 0.25) is 0 Å². The summed E-state index contributed by atoms with van der Waals surface area (Å²) in [6.07, 6.45) is 13.8. The zero-order chi connectivity index (χ0) is 12.4. The number of allylic oxidation sites excluding steroid dienone is 5. The van der Waals surface area contributed by atoms with Crippen LogP contribution in [0, 0.1) is 3.57 Å². The first-order chi connectivity index (χ1) is 8.83. The second kappa shape index (κ2) is 5.14. The lowest BCUT2D eigenvalue weighted by molar-refractivity contribution is 0.284. The summed E-state index contributed by atoms with van der Waals surface area (Å²) in [5, 5.41) is 0. The lowest BCUT2D eigenvalue weighted by Crippen LogP contribution is -2.20. The highest BCUT2D eigenvalue weighted by Crippen LogP contribution is 2.29. The second-order valence-electron chi connectivity index (χ2n) is 4.32. The van der Waals surface area contributed by atoms with Crippen LogP contribution >= 0.6 is 22.6 Å². The normalized spacial score (nSPS) is 21.1. The van der Waals surface area contributed by atoms with Gasteiger partial charge in [-0.05, 0) is 70.5 Å². The van der Waals surface area contributed by atoms with Crippen molar-refractivity contribution in [1.29, 1.82) is 0 Å². The lowest BCUT2D eigenvalue weighted by Gasteiger charge is -2.24. The molecule has 0 amide bonds. The first kappa shape index (κ1) is 11.8. The smallest absolute Gasteiger partial charge is 0.143 e. The summed E-state index contributed by atoms with van der Waals surface area (Å²) in [4.78, 5) is 0. The molecule has 2 aliphatic carbocycles. The van der Waals surface area contributed by atoms with Crippen molar-refractivity contribution in [2.24, 2.45) is 0 Å². The van der Waals surface area contributed by atoms with Gasteiger partial charge < -0.3 is 4.74 Å². The molecule has 0 spiro atoms. The molecule has 0 saturated carbocycles. The Morgan fingerprint density at radius 2 is 1.89 bits per heavy atom. The topological polar surface area (TPSA) is 9.23 Å². The molecule has 0 aromatic heterocycles. The van der Waals surface area contributed by atoms with Gasteiger partial charge in [0.25, 0.3) is 0 Å². The fraction of sp³-hybridized carbons (Fsp3) is 0.125. The van der Waals surface area contributed by atoms with E-state index in [9.17, 15) is 0 Å². The third-order valence-corrected chi connectivity index (χ3v) is 3.81. The van der Waals surface area contributed by atoms with Gasteiger partial charge in [0.2, 0.25) is 0 Å². The number of fused-ring (bicyclic) bond motifs is 1. The molecule has 1 aromatic rings. The molecule has 1 atom stereocenters. The van der Waals surface area contributed by atoms with Crippen LogP contribution in [-0.2, 0) is 0 Å². The van der Waals surface area contributed by atoms with Crippen LogP contribution in [0.15, 0.2) is 71.9 Å². The summed E-state index contributed by atoms with van der Waals surface area (Å²) >= 11 is 2.30. The molecule has 18 heavy (non-hydrogen) atoms. The molecule has 1 unspecified atom stereocenters. The predicted molar refractivity (Wildman–Crippen MR) is 82.6 cm³/mol. The molecule has 0 N–H and O–H groups in total. The maximum absolute atomic E-state index is 6.05. The molecule has 1 aromatic carbocycles. The second-order valence-corrected chi connectivity index (χ2v) is 5.57. The van der Waals surface area contributed by atoms with Crippen molar-refractivity contribution in [2.75, 3.05) is 0 Å². The van der Waals surface area contributed by atoms with Crippen LogP contribution in [0.5, 0.6) is 5.75 Å². The molecule has 90 valence electrons. The van der Waals surface area contributed by atoms with Gasteiger partial charge in [0.1, 0.15) is 11.9 Å². The fourth-order valence-corrected chi connectivity index (χ4v) is 2.53. The summed E-state index contributed by atoms with van der Waals surface area (Å²) in [7, 11) is 0. The number of benzene rings is 1. The quantitative estimate of drug-likeness (QED) is 0.719. The molecule has 0 heterocycles. The van der Waals surface area contributed by atoms with Crippen LogP contribution in [0.25, 0.3) is 0 Å². The zero-order valence-electron chi connectivity index (χ0n) is 9.84. The van der Waals surface area contributed by atoms with Crippen LogP contribution in [0.1, 0.15) is 6.42 Å². The highest BCUT2D eigenvalue weighted by atomic mass is 127.